The first kappa shape index (κ1) is 12.6. The zero-order valence-corrected chi connectivity index (χ0v) is 10.9. The van der Waals surface area contributed by atoms with Crippen LogP contribution in [-0.2, 0) is 0 Å². The van der Waals surface area contributed by atoms with Gasteiger partial charge in [0.2, 0.25) is 0 Å². The molecule has 1 aromatic carbocycles. The lowest BCUT2D eigenvalue weighted by Crippen LogP contribution is -2.41. The van der Waals surface area contributed by atoms with Crippen molar-refractivity contribution in [2.75, 3.05) is 11.1 Å². The Morgan fingerprint density at radius 2 is 2.06 bits per heavy atom. The van der Waals surface area contributed by atoms with Gasteiger partial charge in [-0.2, -0.15) is 0 Å². The van der Waals surface area contributed by atoms with Gasteiger partial charge in [0.25, 0.3) is 0 Å². The van der Waals surface area contributed by atoms with Crippen molar-refractivity contribution in [3.63, 3.8) is 0 Å². The van der Waals surface area contributed by atoms with Gasteiger partial charge in [0, 0.05) is 23.0 Å². The normalized spacial score (nSPS) is 13.6. The highest BCUT2D eigenvalue weighted by atomic mass is 16.3. The number of aromatic nitrogens is 1. The smallest absolute Gasteiger partial charge is 0.0743 e. The van der Waals surface area contributed by atoms with Gasteiger partial charge in [-0.15, -0.1) is 0 Å². The number of hydrogen-bond acceptors (Lipinski definition) is 4. The number of fused-ring (bicyclic) bond motifs is 1. The van der Waals surface area contributed by atoms with Crippen molar-refractivity contribution < 1.29 is 5.11 Å². The topological polar surface area (TPSA) is 71.2 Å². The molecule has 0 radical (unpaired) electrons. The Morgan fingerprint density at radius 1 is 1.33 bits per heavy atom. The van der Waals surface area contributed by atoms with Crippen LogP contribution in [0.5, 0.6) is 0 Å². The second-order valence-corrected chi connectivity index (χ2v) is 5.16. The highest BCUT2D eigenvalue weighted by Gasteiger charge is 2.24. The molecule has 96 valence electrons. The van der Waals surface area contributed by atoms with Gasteiger partial charge in [-0.1, -0.05) is 0 Å². The molecule has 2 aromatic rings. The molecule has 0 amide bonds. The standard InChI is InChI=1S/C14H19N3O/c1-9(18)14(2,3)17-12-6-7-16-13-8-10(15)4-5-11(12)13/h4-9,18H,15H2,1-3H3,(H,16,17). The molecule has 0 aliphatic carbocycles. The van der Waals surface area contributed by atoms with Crippen molar-refractivity contribution in [1.82, 2.24) is 4.98 Å². The lowest BCUT2D eigenvalue weighted by atomic mass is 9.98. The van der Waals surface area contributed by atoms with E-state index in [1.54, 1.807) is 13.1 Å². The van der Waals surface area contributed by atoms with Crippen LogP contribution in [0.4, 0.5) is 11.4 Å². The van der Waals surface area contributed by atoms with Gasteiger partial charge >= 0.3 is 0 Å². The number of hydrogen-bond donors (Lipinski definition) is 3. The average Bonchev–Trinajstić information content (AvgIpc) is 2.28. The summed E-state index contributed by atoms with van der Waals surface area (Å²) in [6, 6.07) is 7.54. The van der Waals surface area contributed by atoms with E-state index in [1.807, 2.05) is 38.1 Å². The third kappa shape index (κ3) is 2.38. The van der Waals surface area contributed by atoms with Crippen LogP contribution in [0.1, 0.15) is 20.8 Å². The van der Waals surface area contributed by atoms with Crippen LogP contribution < -0.4 is 11.1 Å². The van der Waals surface area contributed by atoms with Crippen LogP contribution >= 0.6 is 0 Å². The molecule has 0 spiro atoms. The molecule has 1 heterocycles. The summed E-state index contributed by atoms with van der Waals surface area (Å²) in [7, 11) is 0. The zero-order chi connectivity index (χ0) is 13.3. The lowest BCUT2D eigenvalue weighted by Gasteiger charge is -2.31. The molecule has 2 rings (SSSR count). The molecule has 1 atom stereocenters. The SMILES string of the molecule is CC(O)C(C)(C)Nc1ccnc2cc(N)ccc12. The van der Waals surface area contributed by atoms with Gasteiger partial charge < -0.3 is 16.2 Å². The van der Waals surface area contributed by atoms with E-state index in [-0.39, 0.29) is 0 Å². The van der Waals surface area contributed by atoms with E-state index in [2.05, 4.69) is 10.3 Å². The molecule has 1 aromatic heterocycles. The van der Waals surface area contributed by atoms with Crippen molar-refractivity contribution in [3.8, 4) is 0 Å². The largest absolute Gasteiger partial charge is 0.399 e. The minimum absolute atomic E-state index is 0.407. The first-order chi connectivity index (χ1) is 8.40. The molecule has 4 heteroatoms. The van der Waals surface area contributed by atoms with Gasteiger partial charge in [-0.05, 0) is 45.0 Å². The van der Waals surface area contributed by atoms with Crippen molar-refractivity contribution in [3.05, 3.63) is 30.5 Å². The maximum Gasteiger partial charge on any atom is 0.0743 e. The zero-order valence-electron chi connectivity index (χ0n) is 10.9. The average molecular weight is 245 g/mol. The monoisotopic (exact) mass is 245 g/mol. The van der Waals surface area contributed by atoms with Crippen molar-refractivity contribution in [2.45, 2.75) is 32.4 Å². The first-order valence-electron chi connectivity index (χ1n) is 6.00. The summed E-state index contributed by atoms with van der Waals surface area (Å²) in [4.78, 5) is 4.30. The van der Waals surface area contributed by atoms with Crippen LogP contribution in [0.25, 0.3) is 10.9 Å². The quantitative estimate of drug-likeness (QED) is 0.726. The number of rotatable bonds is 3. The molecule has 18 heavy (non-hydrogen) atoms. The molecular weight excluding hydrogens is 226 g/mol. The van der Waals surface area contributed by atoms with E-state index < -0.39 is 11.6 Å². The Bertz CT molecular complexity index is 564. The summed E-state index contributed by atoms with van der Waals surface area (Å²) in [5.41, 5.74) is 7.84. The van der Waals surface area contributed by atoms with E-state index in [0.29, 0.717) is 5.69 Å². The molecule has 0 saturated heterocycles. The predicted molar refractivity (Wildman–Crippen MR) is 75.5 cm³/mol. The third-order valence-corrected chi connectivity index (χ3v) is 3.27. The number of benzene rings is 1. The van der Waals surface area contributed by atoms with Crippen molar-refractivity contribution in [2.24, 2.45) is 0 Å². The molecule has 4 N–H and O–H groups in total. The second kappa shape index (κ2) is 4.46. The number of pyridine rings is 1. The van der Waals surface area contributed by atoms with Gasteiger partial charge in [0.15, 0.2) is 0 Å². The fraction of sp³-hybridized carbons (Fsp3) is 0.357. The highest BCUT2D eigenvalue weighted by molar-refractivity contribution is 5.92. The number of nitrogen functional groups attached to an aromatic ring is 1. The van der Waals surface area contributed by atoms with Crippen LogP contribution in [0, 0.1) is 0 Å². The summed E-state index contributed by atoms with van der Waals surface area (Å²) < 4.78 is 0. The second-order valence-electron chi connectivity index (χ2n) is 5.16. The molecule has 0 bridgehead atoms. The Kier molecular flexibility index (Phi) is 3.13. The molecule has 0 fully saturated rings. The number of nitrogens with zero attached hydrogens (tertiary/aromatic N) is 1. The van der Waals surface area contributed by atoms with Crippen molar-refractivity contribution in [1.29, 1.82) is 0 Å². The predicted octanol–water partition coefficient (Wildman–Crippen LogP) is 2.39. The Hall–Kier alpha value is -1.81. The van der Waals surface area contributed by atoms with E-state index >= 15 is 0 Å². The number of aliphatic hydroxyl groups is 1. The first-order valence-corrected chi connectivity index (χ1v) is 6.00. The number of anilines is 2. The Morgan fingerprint density at radius 3 is 2.72 bits per heavy atom. The summed E-state index contributed by atoms with van der Waals surface area (Å²) in [5, 5.41) is 14.1. The van der Waals surface area contributed by atoms with Gasteiger partial charge in [-0.25, -0.2) is 0 Å². The minimum Gasteiger partial charge on any atom is -0.399 e. The summed E-state index contributed by atoms with van der Waals surface area (Å²) in [6.45, 7) is 5.69. The fourth-order valence-electron chi connectivity index (χ4n) is 1.73. The van der Waals surface area contributed by atoms with Crippen LogP contribution in [-0.4, -0.2) is 21.7 Å². The van der Waals surface area contributed by atoms with Gasteiger partial charge in [-0.3, -0.25) is 4.98 Å². The molecular formula is C14H19N3O. The molecule has 4 nitrogen and oxygen atoms in total. The fourth-order valence-corrected chi connectivity index (χ4v) is 1.73. The van der Waals surface area contributed by atoms with Gasteiger partial charge in [0.05, 0.1) is 17.2 Å². The summed E-state index contributed by atoms with van der Waals surface area (Å²) in [6.07, 6.45) is 1.27. The molecule has 1 unspecified atom stereocenters. The maximum atomic E-state index is 9.76. The van der Waals surface area contributed by atoms with E-state index in [4.69, 9.17) is 5.73 Å². The van der Waals surface area contributed by atoms with Crippen LogP contribution in [0.15, 0.2) is 30.5 Å². The maximum absolute atomic E-state index is 9.76. The number of nitrogens with two attached hydrogens (primary N) is 1. The van der Waals surface area contributed by atoms with E-state index in [0.717, 1.165) is 16.6 Å². The lowest BCUT2D eigenvalue weighted by molar-refractivity contribution is 0.133. The summed E-state index contributed by atoms with van der Waals surface area (Å²) >= 11 is 0. The van der Waals surface area contributed by atoms with Crippen LogP contribution in [0.2, 0.25) is 0 Å². The third-order valence-electron chi connectivity index (χ3n) is 3.27. The highest BCUT2D eigenvalue weighted by Crippen LogP contribution is 2.26. The number of nitrogens with one attached hydrogen (secondary N) is 1. The molecule has 0 saturated carbocycles. The van der Waals surface area contributed by atoms with Crippen molar-refractivity contribution >= 4 is 22.3 Å². The molecule has 0 aliphatic rings. The summed E-state index contributed by atoms with van der Waals surface area (Å²) in [5.74, 6) is 0. The Balaban J connectivity index is 2.46. The number of aliphatic hydroxyl groups excluding tert-OH is 1. The van der Waals surface area contributed by atoms with E-state index in [9.17, 15) is 5.11 Å². The van der Waals surface area contributed by atoms with Gasteiger partial charge in [0.1, 0.15) is 0 Å². The molecule has 0 aliphatic heterocycles. The van der Waals surface area contributed by atoms with Crippen LogP contribution in [0.3, 0.4) is 0 Å². The van der Waals surface area contributed by atoms with E-state index in [1.165, 1.54) is 0 Å². The Labute approximate surface area is 107 Å². The minimum atomic E-state index is -0.463.